The maximum Gasteiger partial charge on any atom is 0.146 e. The van der Waals surface area contributed by atoms with Gasteiger partial charge in [0, 0.05) is 24.5 Å². The van der Waals surface area contributed by atoms with Crippen LogP contribution in [0.25, 0.3) is 5.82 Å². The number of nitrogens with zero attached hydrogens (tertiary/aromatic N) is 4. The minimum Gasteiger partial charge on any atom is -0.370 e. The molecule has 2 heterocycles. The number of rotatable bonds is 5. The summed E-state index contributed by atoms with van der Waals surface area (Å²) in [6.07, 6.45) is 7.29. The molecule has 18 heavy (non-hydrogen) atoms. The van der Waals surface area contributed by atoms with Gasteiger partial charge in [-0.3, -0.25) is 4.57 Å². The quantitative estimate of drug-likeness (QED) is 0.878. The van der Waals surface area contributed by atoms with Crippen LogP contribution in [0, 0.1) is 6.92 Å². The lowest BCUT2D eigenvalue weighted by atomic mass is 10.2. The second-order valence-electron chi connectivity index (χ2n) is 4.15. The Hall–Kier alpha value is -1.91. The van der Waals surface area contributed by atoms with Crippen LogP contribution in [0.2, 0.25) is 0 Å². The number of hydrogen-bond acceptors (Lipinski definition) is 4. The number of nitrogens with one attached hydrogen (secondary N) is 1. The molecular formula is C13H19N5. The molecule has 5 nitrogen and oxygen atoms in total. The van der Waals surface area contributed by atoms with Crippen LogP contribution in [0.1, 0.15) is 31.7 Å². The topological polar surface area (TPSA) is 55.6 Å². The highest BCUT2D eigenvalue weighted by Gasteiger charge is 2.12. The summed E-state index contributed by atoms with van der Waals surface area (Å²) in [5.41, 5.74) is 1.13. The first-order valence-electron chi connectivity index (χ1n) is 6.36. The van der Waals surface area contributed by atoms with Crippen molar-refractivity contribution in [3.8, 4) is 5.82 Å². The Balaban J connectivity index is 2.45. The smallest absolute Gasteiger partial charge is 0.146 e. The Morgan fingerprint density at radius 3 is 2.67 bits per heavy atom. The van der Waals surface area contributed by atoms with Crippen molar-refractivity contribution in [3.05, 3.63) is 30.1 Å². The molecule has 0 saturated carbocycles. The van der Waals surface area contributed by atoms with Crippen molar-refractivity contribution in [2.75, 3.05) is 11.9 Å². The molecule has 0 spiro atoms. The van der Waals surface area contributed by atoms with Gasteiger partial charge in [0.25, 0.3) is 0 Å². The molecule has 0 bridgehead atoms. The van der Waals surface area contributed by atoms with Crippen molar-refractivity contribution >= 4 is 5.82 Å². The molecule has 0 amide bonds. The zero-order valence-corrected chi connectivity index (χ0v) is 11.1. The standard InChI is InChI=1S/C13H19N5/c1-4-6-15-12-11(5-2)13(17-9-16-12)18-8-7-14-10(18)3/h7-9H,4-6H2,1-3H3,(H,15,16,17). The largest absolute Gasteiger partial charge is 0.370 e. The Kier molecular flexibility index (Phi) is 3.92. The van der Waals surface area contributed by atoms with Crippen LogP contribution in [0.15, 0.2) is 18.7 Å². The van der Waals surface area contributed by atoms with Gasteiger partial charge in [-0.05, 0) is 19.8 Å². The Morgan fingerprint density at radius 1 is 1.22 bits per heavy atom. The number of anilines is 1. The van der Waals surface area contributed by atoms with E-state index in [4.69, 9.17) is 0 Å². The van der Waals surface area contributed by atoms with Gasteiger partial charge in [-0.2, -0.15) is 0 Å². The first kappa shape index (κ1) is 12.5. The molecule has 5 heteroatoms. The van der Waals surface area contributed by atoms with Gasteiger partial charge in [0.2, 0.25) is 0 Å². The molecular weight excluding hydrogens is 226 g/mol. The fraction of sp³-hybridized carbons (Fsp3) is 0.462. The van der Waals surface area contributed by atoms with E-state index >= 15 is 0 Å². The minimum atomic E-state index is 0.889. The third-order valence-electron chi connectivity index (χ3n) is 2.87. The highest BCUT2D eigenvalue weighted by atomic mass is 15.1. The SMILES string of the molecule is CCCNc1ncnc(-n2ccnc2C)c1CC. The lowest BCUT2D eigenvalue weighted by Gasteiger charge is -2.13. The molecule has 0 unspecified atom stereocenters. The van der Waals surface area contributed by atoms with Gasteiger partial charge in [-0.15, -0.1) is 0 Å². The second kappa shape index (κ2) is 5.62. The van der Waals surface area contributed by atoms with E-state index in [1.165, 1.54) is 0 Å². The van der Waals surface area contributed by atoms with Gasteiger partial charge in [0.05, 0.1) is 0 Å². The number of aromatic nitrogens is 4. The molecule has 2 aromatic heterocycles. The Bertz CT molecular complexity index is 518. The Labute approximate surface area is 107 Å². The van der Waals surface area contributed by atoms with E-state index in [0.29, 0.717) is 0 Å². The molecule has 2 aromatic rings. The lowest BCUT2D eigenvalue weighted by Crippen LogP contribution is -2.10. The van der Waals surface area contributed by atoms with Crippen LogP contribution in [0.4, 0.5) is 5.82 Å². The minimum absolute atomic E-state index is 0.889. The van der Waals surface area contributed by atoms with Crippen LogP contribution in [-0.2, 0) is 6.42 Å². The van der Waals surface area contributed by atoms with E-state index in [9.17, 15) is 0 Å². The molecule has 0 aromatic carbocycles. The molecule has 0 aliphatic rings. The van der Waals surface area contributed by atoms with Crippen LogP contribution < -0.4 is 5.32 Å². The predicted molar refractivity (Wildman–Crippen MR) is 72.0 cm³/mol. The van der Waals surface area contributed by atoms with E-state index in [2.05, 4.69) is 34.1 Å². The zero-order chi connectivity index (χ0) is 13.0. The van der Waals surface area contributed by atoms with Crippen LogP contribution in [0.3, 0.4) is 0 Å². The maximum absolute atomic E-state index is 4.39. The fourth-order valence-corrected chi connectivity index (χ4v) is 1.93. The van der Waals surface area contributed by atoms with Crippen molar-refractivity contribution < 1.29 is 0 Å². The summed E-state index contributed by atoms with van der Waals surface area (Å²) < 4.78 is 2.00. The number of aryl methyl sites for hydroxylation is 1. The van der Waals surface area contributed by atoms with Crippen molar-refractivity contribution in [2.45, 2.75) is 33.6 Å². The van der Waals surface area contributed by atoms with Crippen molar-refractivity contribution in [3.63, 3.8) is 0 Å². The predicted octanol–water partition coefficient (Wildman–Crippen LogP) is 2.36. The van der Waals surface area contributed by atoms with Crippen LogP contribution in [0.5, 0.6) is 0 Å². The third-order valence-corrected chi connectivity index (χ3v) is 2.87. The normalized spacial score (nSPS) is 10.6. The molecule has 2 rings (SSSR count). The van der Waals surface area contributed by atoms with Gasteiger partial charge in [0.1, 0.15) is 23.8 Å². The highest BCUT2D eigenvalue weighted by Crippen LogP contribution is 2.20. The second-order valence-corrected chi connectivity index (χ2v) is 4.15. The monoisotopic (exact) mass is 245 g/mol. The summed E-state index contributed by atoms with van der Waals surface area (Å²) >= 11 is 0. The van der Waals surface area contributed by atoms with E-state index in [0.717, 1.165) is 42.4 Å². The van der Waals surface area contributed by atoms with Crippen LogP contribution >= 0.6 is 0 Å². The molecule has 0 saturated heterocycles. The molecule has 1 N–H and O–H groups in total. The third kappa shape index (κ3) is 2.34. The van der Waals surface area contributed by atoms with Crippen molar-refractivity contribution in [2.24, 2.45) is 0 Å². The van der Waals surface area contributed by atoms with E-state index in [1.54, 1.807) is 12.5 Å². The summed E-state index contributed by atoms with van der Waals surface area (Å²) in [6.45, 7) is 7.15. The molecule has 0 aliphatic carbocycles. The highest BCUT2D eigenvalue weighted by molar-refractivity contribution is 5.52. The summed E-state index contributed by atoms with van der Waals surface area (Å²) in [6, 6.07) is 0. The molecule has 0 radical (unpaired) electrons. The van der Waals surface area contributed by atoms with Gasteiger partial charge in [0.15, 0.2) is 0 Å². The average Bonchev–Trinajstić information content (AvgIpc) is 2.81. The van der Waals surface area contributed by atoms with Crippen molar-refractivity contribution in [1.82, 2.24) is 19.5 Å². The van der Waals surface area contributed by atoms with Gasteiger partial charge >= 0.3 is 0 Å². The first-order chi connectivity index (χ1) is 8.77. The zero-order valence-electron chi connectivity index (χ0n) is 11.1. The summed E-state index contributed by atoms with van der Waals surface area (Å²) in [5, 5.41) is 3.35. The maximum atomic E-state index is 4.39. The fourth-order valence-electron chi connectivity index (χ4n) is 1.93. The molecule has 0 aliphatic heterocycles. The summed E-state index contributed by atoms with van der Waals surface area (Å²) in [4.78, 5) is 13.0. The molecule has 96 valence electrons. The van der Waals surface area contributed by atoms with Gasteiger partial charge in [-0.25, -0.2) is 15.0 Å². The molecule has 0 atom stereocenters. The first-order valence-corrected chi connectivity index (χ1v) is 6.36. The lowest BCUT2D eigenvalue weighted by molar-refractivity contribution is 0.878. The number of imidazole rings is 1. The average molecular weight is 245 g/mol. The van der Waals surface area contributed by atoms with Gasteiger partial charge < -0.3 is 5.32 Å². The van der Waals surface area contributed by atoms with E-state index in [-0.39, 0.29) is 0 Å². The van der Waals surface area contributed by atoms with Crippen LogP contribution in [-0.4, -0.2) is 26.1 Å². The molecule has 0 fully saturated rings. The van der Waals surface area contributed by atoms with Gasteiger partial charge in [-0.1, -0.05) is 13.8 Å². The van der Waals surface area contributed by atoms with Crippen molar-refractivity contribution in [1.29, 1.82) is 0 Å². The summed E-state index contributed by atoms with van der Waals surface area (Å²) in [5.74, 6) is 2.78. The van der Waals surface area contributed by atoms with E-state index < -0.39 is 0 Å². The Morgan fingerprint density at radius 2 is 2.06 bits per heavy atom. The van der Waals surface area contributed by atoms with E-state index in [1.807, 2.05) is 17.7 Å². The number of hydrogen-bond donors (Lipinski definition) is 1. The summed E-state index contributed by atoms with van der Waals surface area (Å²) in [7, 11) is 0.